The minimum atomic E-state index is -4.66. The van der Waals surface area contributed by atoms with Crippen molar-refractivity contribution in [1.82, 2.24) is 0 Å². The number of rotatable bonds is 36. The van der Waals surface area contributed by atoms with Crippen molar-refractivity contribution in [1.29, 1.82) is 0 Å². The van der Waals surface area contributed by atoms with E-state index >= 15 is 0 Å². The van der Waals surface area contributed by atoms with Gasteiger partial charge in [-0.15, -0.1) is 23.7 Å². The lowest BCUT2D eigenvalue weighted by molar-refractivity contribution is -0.870. The highest BCUT2D eigenvalue weighted by Gasteiger charge is 2.21. The molecule has 0 aliphatic rings. The maximum atomic E-state index is 12.6. The molecule has 0 aromatic rings. The van der Waals surface area contributed by atoms with Crippen LogP contribution in [0.4, 0.5) is 0 Å². The molecule has 0 saturated heterocycles. The number of carbonyl (C=O) groups is 2. The molecule has 0 saturated carbocycles. The zero-order valence-corrected chi connectivity index (χ0v) is 36.3. The summed E-state index contributed by atoms with van der Waals surface area (Å²) in [6, 6.07) is 0. The first kappa shape index (κ1) is 52.1. The zero-order valence-electron chi connectivity index (χ0n) is 35.4. The number of esters is 2. The lowest BCUT2D eigenvalue weighted by Gasteiger charge is -2.28. The van der Waals surface area contributed by atoms with E-state index in [1.165, 1.54) is 128 Å². The van der Waals surface area contributed by atoms with E-state index in [2.05, 4.69) is 37.5 Å². The number of likely N-dealkylation sites (N-methyl/N-ethyl adjacent to an activating group) is 1. The molecule has 314 valence electrons. The molecule has 0 fully saturated rings. The van der Waals surface area contributed by atoms with Crippen LogP contribution in [0.15, 0.2) is 0 Å². The van der Waals surface area contributed by atoms with Gasteiger partial charge in [-0.2, -0.15) is 0 Å². The van der Waals surface area contributed by atoms with Crippen molar-refractivity contribution in [2.45, 2.75) is 200 Å². The van der Waals surface area contributed by atoms with E-state index in [0.717, 1.165) is 25.7 Å². The molecular formula is C44H80NO8P. The Labute approximate surface area is 332 Å². The topological polar surface area (TPSA) is 111 Å². The Bertz CT molecular complexity index is 1080. The summed E-state index contributed by atoms with van der Waals surface area (Å²) in [7, 11) is 1.09. The second-order valence-corrected chi connectivity index (χ2v) is 17.1. The SMILES string of the molecule is CCCCCCCCCCCCCC#CCCC(=O)OC[C@H](COP(=O)([O-])OCC[N+](C)(C)C)OC(=O)CCC#CCCCCCCCCCCCCC. The Morgan fingerprint density at radius 3 is 1.37 bits per heavy atom. The summed E-state index contributed by atoms with van der Waals surface area (Å²) >= 11 is 0. The maximum Gasteiger partial charge on any atom is 0.307 e. The first-order valence-corrected chi connectivity index (χ1v) is 23.1. The number of phosphoric ester groups is 1. The predicted octanol–water partition coefficient (Wildman–Crippen LogP) is 10.6. The first-order chi connectivity index (χ1) is 26.0. The summed E-state index contributed by atoms with van der Waals surface area (Å²) in [5.74, 6) is 11.3. The molecule has 1 unspecified atom stereocenters. The number of unbranched alkanes of at least 4 members (excludes halogenated alkanes) is 22. The first-order valence-electron chi connectivity index (χ1n) is 21.7. The highest BCUT2D eigenvalue weighted by atomic mass is 31.2. The second kappa shape index (κ2) is 36.7. The standard InChI is InChI=1S/C44H80NO8P/c1-6-8-10-12-14-16-18-20-22-24-26-28-30-32-34-36-43(46)50-40-42(41-52-54(48,49)51-39-38-45(3,4)5)53-44(47)37-35-33-31-29-27-25-23-21-19-17-15-13-11-9-7-2/h42H,6-29,34-41H2,1-5H3/t42-/m1/s1. The van der Waals surface area contributed by atoms with Crippen molar-refractivity contribution in [2.75, 3.05) is 47.5 Å². The van der Waals surface area contributed by atoms with Crippen molar-refractivity contribution in [2.24, 2.45) is 0 Å². The van der Waals surface area contributed by atoms with Crippen LogP contribution in [-0.4, -0.2) is 70.0 Å². The van der Waals surface area contributed by atoms with Gasteiger partial charge in [0.25, 0.3) is 7.82 Å². The molecule has 10 heteroatoms. The molecule has 0 aliphatic heterocycles. The molecule has 0 aromatic carbocycles. The number of quaternary nitrogens is 1. The lowest BCUT2D eigenvalue weighted by Crippen LogP contribution is -2.37. The largest absolute Gasteiger partial charge is 0.756 e. The zero-order chi connectivity index (χ0) is 40.0. The summed E-state index contributed by atoms with van der Waals surface area (Å²) < 4.78 is 33.6. The van der Waals surface area contributed by atoms with Gasteiger partial charge in [0.05, 0.1) is 40.6 Å². The molecular weight excluding hydrogens is 701 g/mol. The Morgan fingerprint density at radius 2 is 0.944 bits per heavy atom. The van der Waals surface area contributed by atoms with Gasteiger partial charge in [0.15, 0.2) is 6.10 Å². The number of nitrogens with zero attached hydrogens (tertiary/aromatic N) is 1. The Balaban J connectivity index is 4.47. The monoisotopic (exact) mass is 782 g/mol. The minimum Gasteiger partial charge on any atom is -0.756 e. The predicted molar refractivity (Wildman–Crippen MR) is 219 cm³/mol. The van der Waals surface area contributed by atoms with Gasteiger partial charge in [0, 0.05) is 25.7 Å². The molecule has 0 bridgehead atoms. The Hall–Kier alpha value is -1.87. The molecule has 0 heterocycles. The molecule has 0 rings (SSSR count). The van der Waals surface area contributed by atoms with Crippen LogP contribution in [0.5, 0.6) is 0 Å². The molecule has 0 spiro atoms. The number of hydrogen-bond donors (Lipinski definition) is 0. The third-order valence-corrected chi connectivity index (χ3v) is 10.1. The van der Waals surface area contributed by atoms with E-state index in [1.807, 2.05) is 21.1 Å². The second-order valence-electron chi connectivity index (χ2n) is 15.7. The third kappa shape index (κ3) is 39.8. The van der Waals surface area contributed by atoms with Crippen LogP contribution < -0.4 is 4.89 Å². The fraction of sp³-hybridized carbons (Fsp3) is 0.864. The number of carbonyl (C=O) groups excluding carboxylic acids is 2. The van der Waals surface area contributed by atoms with E-state index in [-0.39, 0.29) is 26.1 Å². The number of ether oxygens (including phenoxy) is 2. The highest BCUT2D eigenvalue weighted by Crippen LogP contribution is 2.38. The average Bonchev–Trinajstić information content (AvgIpc) is 3.12. The van der Waals surface area contributed by atoms with Gasteiger partial charge in [0.1, 0.15) is 19.8 Å². The van der Waals surface area contributed by atoms with Gasteiger partial charge in [-0.3, -0.25) is 14.2 Å². The Morgan fingerprint density at radius 1 is 0.556 bits per heavy atom. The van der Waals surface area contributed by atoms with Gasteiger partial charge in [-0.1, -0.05) is 142 Å². The van der Waals surface area contributed by atoms with Gasteiger partial charge in [-0.25, -0.2) is 0 Å². The van der Waals surface area contributed by atoms with Gasteiger partial charge >= 0.3 is 11.9 Å². The van der Waals surface area contributed by atoms with Crippen molar-refractivity contribution in [3.05, 3.63) is 0 Å². The molecule has 0 radical (unpaired) electrons. The van der Waals surface area contributed by atoms with E-state index in [9.17, 15) is 19.0 Å². The quantitative estimate of drug-likeness (QED) is 0.0203. The molecule has 0 aliphatic carbocycles. The van der Waals surface area contributed by atoms with Crippen LogP contribution >= 0.6 is 7.82 Å². The number of hydrogen-bond acceptors (Lipinski definition) is 8. The summed E-state index contributed by atoms with van der Waals surface area (Å²) in [6.45, 7) is 4.04. The summed E-state index contributed by atoms with van der Waals surface area (Å²) in [6.07, 6.45) is 29.6. The fourth-order valence-electron chi connectivity index (χ4n) is 5.70. The summed E-state index contributed by atoms with van der Waals surface area (Å²) in [4.78, 5) is 37.3. The molecule has 0 aromatic heterocycles. The van der Waals surface area contributed by atoms with E-state index in [1.54, 1.807) is 0 Å². The van der Waals surface area contributed by atoms with Gasteiger partial charge in [0.2, 0.25) is 0 Å². The molecule has 9 nitrogen and oxygen atoms in total. The molecule has 2 atom stereocenters. The van der Waals surface area contributed by atoms with Crippen LogP contribution in [0.2, 0.25) is 0 Å². The van der Waals surface area contributed by atoms with E-state index < -0.39 is 32.5 Å². The van der Waals surface area contributed by atoms with Crippen LogP contribution in [0.25, 0.3) is 0 Å². The van der Waals surface area contributed by atoms with Crippen LogP contribution in [0.3, 0.4) is 0 Å². The van der Waals surface area contributed by atoms with Gasteiger partial charge < -0.3 is 27.9 Å². The highest BCUT2D eigenvalue weighted by molar-refractivity contribution is 7.45. The maximum absolute atomic E-state index is 12.6. The number of phosphoric acid groups is 1. The van der Waals surface area contributed by atoms with Crippen molar-refractivity contribution < 1.29 is 42.1 Å². The lowest BCUT2D eigenvalue weighted by atomic mass is 10.1. The Kier molecular flexibility index (Phi) is 35.5. The summed E-state index contributed by atoms with van der Waals surface area (Å²) in [5.41, 5.74) is 0. The smallest absolute Gasteiger partial charge is 0.307 e. The fourth-order valence-corrected chi connectivity index (χ4v) is 6.42. The normalized spacial score (nSPS) is 12.9. The van der Waals surface area contributed by atoms with Crippen LogP contribution in [0.1, 0.15) is 194 Å². The minimum absolute atomic E-state index is 0.0411. The van der Waals surface area contributed by atoms with Crippen molar-refractivity contribution in [3.63, 3.8) is 0 Å². The van der Waals surface area contributed by atoms with Crippen LogP contribution in [0, 0.1) is 23.7 Å². The van der Waals surface area contributed by atoms with E-state index in [0.29, 0.717) is 23.9 Å². The van der Waals surface area contributed by atoms with Crippen molar-refractivity contribution >= 4 is 19.8 Å². The van der Waals surface area contributed by atoms with Gasteiger partial charge in [-0.05, 0) is 12.8 Å². The van der Waals surface area contributed by atoms with Crippen molar-refractivity contribution in [3.8, 4) is 23.7 Å². The average molecular weight is 782 g/mol. The molecule has 0 amide bonds. The summed E-state index contributed by atoms with van der Waals surface area (Å²) in [5, 5.41) is 0. The molecule has 0 N–H and O–H groups in total. The van der Waals surface area contributed by atoms with Crippen LogP contribution in [-0.2, 0) is 32.7 Å². The van der Waals surface area contributed by atoms with E-state index in [4.69, 9.17) is 18.5 Å². The third-order valence-electron chi connectivity index (χ3n) is 9.13. The molecule has 54 heavy (non-hydrogen) atoms.